The molecule has 0 radical (unpaired) electrons. The fourth-order valence-corrected chi connectivity index (χ4v) is 5.34. The summed E-state index contributed by atoms with van der Waals surface area (Å²) in [5, 5.41) is 16.1. The van der Waals surface area contributed by atoms with Gasteiger partial charge in [-0.05, 0) is 81.9 Å². The van der Waals surface area contributed by atoms with Gasteiger partial charge in [-0.3, -0.25) is 10.2 Å². The van der Waals surface area contributed by atoms with Gasteiger partial charge in [-0.1, -0.05) is 12.1 Å². The molecule has 0 bridgehead atoms. The van der Waals surface area contributed by atoms with Crippen LogP contribution >= 0.6 is 0 Å². The molecule has 4 rings (SSSR count). The van der Waals surface area contributed by atoms with Gasteiger partial charge in [0.1, 0.15) is 11.9 Å². The van der Waals surface area contributed by atoms with E-state index in [4.69, 9.17) is 9.47 Å². The lowest BCUT2D eigenvalue weighted by atomic mass is 9.84. The highest BCUT2D eigenvalue weighted by Crippen LogP contribution is 2.33. The maximum absolute atomic E-state index is 12.4. The summed E-state index contributed by atoms with van der Waals surface area (Å²) in [6.07, 6.45) is 6.15. The fourth-order valence-electron chi connectivity index (χ4n) is 5.34. The van der Waals surface area contributed by atoms with Crippen LogP contribution in [0, 0.1) is 5.92 Å². The van der Waals surface area contributed by atoms with Gasteiger partial charge in [0, 0.05) is 12.1 Å². The third-order valence-corrected chi connectivity index (χ3v) is 7.44. The topological polar surface area (TPSA) is 121 Å². The largest absolute Gasteiger partial charge is 0.497 e. The van der Waals surface area contributed by atoms with Crippen molar-refractivity contribution < 1.29 is 24.2 Å². The number of hydrazine groups is 1. The average Bonchev–Trinajstić information content (AvgIpc) is 3.45. The second-order valence-electron chi connectivity index (χ2n) is 10.3. The molecule has 34 heavy (non-hydrogen) atoms. The van der Waals surface area contributed by atoms with Crippen LogP contribution in [0.5, 0.6) is 5.75 Å². The summed E-state index contributed by atoms with van der Waals surface area (Å²) in [6.45, 7) is 1.85. The zero-order valence-corrected chi connectivity index (χ0v) is 20.1. The lowest BCUT2D eigenvalue weighted by Gasteiger charge is -2.33. The Hall–Kier alpha value is -2.36. The Morgan fingerprint density at radius 1 is 1.06 bits per heavy atom. The Balaban J connectivity index is 1.15. The molecule has 4 atom stereocenters. The van der Waals surface area contributed by atoms with Gasteiger partial charge in [0.15, 0.2) is 0 Å². The summed E-state index contributed by atoms with van der Waals surface area (Å²) in [5.41, 5.74) is 6.83. The van der Waals surface area contributed by atoms with Crippen molar-refractivity contribution in [3.8, 4) is 5.75 Å². The Bertz CT molecular complexity index is 836. The minimum atomic E-state index is -0.615. The summed E-state index contributed by atoms with van der Waals surface area (Å²) in [4.78, 5) is 24.8. The van der Waals surface area contributed by atoms with Gasteiger partial charge in [0.05, 0.1) is 25.3 Å². The van der Waals surface area contributed by atoms with Gasteiger partial charge < -0.3 is 25.2 Å². The van der Waals surface area contributed by atoms with Crippen molar-refractivity contribution in [3.63, 3.8) is 0 Å². The van der Waals surface area contributed by atoms with Crippen molar-refractivity contribution >= 4 is 12.0 Å². The number of nitrogens with one attached hydrogen (secondary N) is 4. The molecule has 1 saturated heterocycles. The minimum Gasteiger partial charge on any atom is -0.497 e. The van der Waals surface area contributed by atoms with Gasteiger partial charge in [-0.25, -0.2) is 10.2 Å². The summed E-state index contributed by atoms with van der Waals surface area (Å²) < 4.78 is 10.8. The van der Waals surface area contributed by atoms with E-state index in [0.29, 0.717) is 25.2 Å². The highest BCUT2D eigenvalue weighted by Gasteiger charge is 2.37. The van der Waals surface area contributed by atoms with Crippen molar-refractivity contribution in [1.29, 1.82) is 0 Å². The van der Waals surface area contributed by atoms with Crippen LogP contribution in [-0.4, -0.2) is 54.2 Å². The summed E-state index contributed by atoms with van der Waals surface area (Å²) in [6, 6.07) is 7.80. The van der Waals surface area contributed by atoms with Crippen LogP contribution in [0.3, 0.4) is 0 Å². The molecule has 1 aromatic rings. The molecule has 2 amide bonds. The van der Waals surface area contributed by atoms with E-state index in [1.165, 1.54) is 0 Å². The maximum atomic E-state index is 12.4. The smallest absolute Gasteiger partial charge is 0.407 e. The minimum absolute atomic E-state index is 0.0290. The number of amides is 2. The van der Waals surface area contributed by atoms with E-state index < -0.39 is 5.60 Å². The number of methoxy groups -OCH3 is 1. The van der Waals surface area contributed by atoms with Crippen molar-refractivity contribution in [2.24, 2.45) is 5.92 Å². The van der Waals surface area contributed by atoms with Crippen molar-refractivity contribution in [2.75, 3.05) is 7.11 Å². The monoisotopic (exact) mass is 474 g/mol. The maximum Gasteiger partial charge on any atom is 0.407 e. The van der Waals surface area contributed by atoms with Crippen LogP contribution in [0.1, 0.15) is 63.9 Å². The molecule has 5 N–H and O–H groups in total. The number of hydrogen-bond acceptors (Lipinski definition) is 7. The van der Waals surface area contributed by atoms with Gasteiger partial charge in [-0.15, -0.1) is 0 Å². The number of rotatable bonds is 7. The van der Waals surface area contributed by atoms with E-state index in [-0.39, 0.29) is 36.4 Å². The lowest BCUT2D eigenvalue weighted by molar-refractivity contribution is -0.121. The average molecular weight is 475 g/mol. The second kappa shape index (κ2) is 10.9. The van der Waals surface area contributed by atoms with E-state index in [9.17, 15) is 14.7 Å². The number of carbonyl (C=O) groups is 2. The number of benzene rings is 1. The molecule has 188 valence electrons. The summed E-state index contributed by atoms with van der Waals surface area (Å²) >= 11 is 0. The normalized spacial score (nSPS) is 33.3. The third-order valence-electron chi connectivity index (χ3n) is 7.44. The first-order valence-electron chi connectivity index (χ1n) is 12.4. The molecule has 2 aliphatic carbocycles. The first-order chi connectivity index (χ1) is 16.3. The van der Waals surface area contributed by atoms with Crippen LogP contribution in [0.25, 0.3) is 0 Å². The molecule has 3 fully saturated rings. The molecular weight excluding hydrogens is 436 g/mol. The first kappa shape index (κ1) is 24.8. The molecule has 9 nitrogen and oxygen atoms in total. The van der Waals surface area contributed by atoms with Gasteiger partial charge in [0.25, 0.3) is 0 Å². The number of aliphatic hydroxyl groups is 1. The van der Waals surface area contributed by atoms with Gasteiger partial charge in [0.2, 0.25) is 5.91 Å². The Morgan fingerprint density at radius 2 is 1.79 bits per heavy atom. The third kappa shape index (κ3) is 6.84. The molecular formula is C25H38N4O5. The quantitative estimate of drug-likeness (QED) is 0.411. The van der Waals surface area contributed by atoms with E-state index >= 15 is 0 Å². The zero-order valence-electron chi connectivity index (χ0n) is 20.1. The van der Waals surface area contributed by atoms with Crippen molar-refractivity contribution in [1.82, 2.24) is 21.5 Å². The fraction of sp³-hybridized carbons (Fsp3) is 0.680. The molecule has 3 aliphatic rings. The number of alkyl carbamates (subject to hydrolysis) is 1. The van der Waals surface area contributed by atoms with Crippen LogP contribution in [-0.2, 0) is 16.0 Å². The number of carbonyl (C=O) groups excluding carboxylic acids is 2. The molecule has 1 aliphatic heterocycles. The Labute approximate surface area is 201 Å². The molecule has 1 heterocycles. The first-order valence-corrected chi connectivity index (χ1v) is 12.4. The molecule has 0 aromatic heterocycles. The van der Waals surface area contributed by atoms with E-state index in [1.54, 1.807) is 7.11 Å². The van der Waals surface area contributed by atoms with Gasteiger partial charge in [-0.2, -0.15) is 0 Å². The molecule has 9 heteroatoms. The standard InChI is InChI=1S/C25H38N4O5/c1-25(32)11-9-18(10-12-25)26-24(31)34-20-8-5-17(14-20)21-15-22(29-28-21)27-23(30)13-16-3-6-19(33-2)7-4-16/h3-4,6-7,17-18,20-22,28-29,32H,5,8-15H2,1-2H3,(H,26,31)(H,27,30)/t17-,18?,20+,21?,22?,25?/m0/s1. The number of hydrogen-bond donors (Lipinski definition) is 5. The summed E-state index contributed by atoms with van der Waals surface area (Å²) in [5.74, 6) is 1.13. The molecule has 2 unspecified atom stereocenters. The predicted molar refractivity (Wildman–Crippen MR) is 127 cm³/mol. The Morgan fingerprint density at radius 3 is 2.50 bits per heavy atom. The second-order valence-corrected chi connectivity index (χ2v) is 10.3. The Kier molecular flexibility index (Phi) is 7.95. The van der Waals surface area contributed by atoms with Crippen LogP contribution in [0.2, 0.25) is 0 Å². The van der Waals surface area contributed by atoms with Crippen molar-refractivity contribution in [2.45, 2.75) is 94.7 Å². The predicted octanol–water partition coefficient (Wildman–Crippen LogP) is 2.13. The highest BCUT2D eigenvalue weighted by atomic mass is 16.6. The summed E-state index contributed by atoms with van der Waals surface area (Å²) in [7, 11) is 1.62. The van der Waals surface area contributed by atoms with Crippen LogP contribution < -0.4 is 26.2 Å². The zero-order chi connectivity index (χ0) is 24.1. The van der Waals surface area contributed by atoms with Crippen molar-refractivity contribution in [3.05, 3.63) is 29.8 Å². The molecule has 2 saturated carbocycles. The van der Waals surface area contributed by atoms with E-state index in [1.807, 2.05) is 31.2 Å². The lowest BCUT2D eigenvalue weighted by Crippen LogP contribution is -2.45. The van der Waals surface area contributed by atoms with Gasteiger partial charge >= 0.3 is 6.09 Å². The number of ether oxygens (including phenoxy) is 2. The molecule has 1 aromatic carbocycles. The molecule has 0 spiro atoms. The highest BCUT2D eigenvalue weighted by molar-refractivity contribution is 5.78. The SMILES string of the molecule is COc1ccc(CC(=O)NC2CC([C@H]3CC[C@@H](OC(=O)NC4CCC(C)(O)CC4)C3)NN2)cc1. The van der Waals surface area contributed by atoms with E-state index in [0.717, 1.165) is 49.8 Å². The van der Waals surface area contributed by atoms with Crippen LogP contribution in [0.4, 0.5) is 4.79 Å². The van der Waals surface area contributed by atoms with E-state index in [2.05, 4.69) is 21.5 Å². The van der Waals surface area contributed by atoms with Crippen LogP contribution in [0.15, 0.2) is 24.3 Å².